The Kier molecular flexibility index (Phi) is 62.6. The molecule has 0 N–H and O–H groups in total. The highest BCUT2D eigenvalue weighted by atomic mass is 16.6. The van der Waals surface area contributed by atoms with Gasteiger partial charge in [0.25, 0.3) is 0 Å². The lowest BCUT2D eigenvalue weighted by molar-refractivity contribution is -0.167. The Morgan fingerprint density at radius 3 is 0.541 bits per heavy atom. The van der Waals surface area contributed by atoms with Gasteiger partial charge in [0.15, 0.2) is 6.10 Å². The third-order valence-corrected chi connectivity index (χ3v) is 15.9. The second kappa shape index (κ2) is 63.9. The van der Waals surface area contributed by atoms with Crippen molar-refractivity contribution < 1.29 is 28.6 Å². The Hall–Kier alpha value is -1.59. The zero-order valence-electron chi connectivity index (χ0n) is 50.7. The van der Waals surface area contributed by atoms with Crippen molar-refractivity contribution in [2.75, 3.05) is 13.2 Å². The molecule has 0 saturated heterocycles. The predicted molar refractivity (Wildman–Crippen MR) is 321 cm³/mol. The lowest BCUT2D eigenvalue weighted by Crippen LogP contribution is -2.30. The van der Waals surface area contributed by atoms with Crippen LogP contribution in [0.15, 0.2) is 0 Å². The van der Waals surface area contributed by atoms with Crippen molar-refractivity contribution in [1.29, 1.82) is 0 Å². The second-order valence-corrected chi connectivity index (χ2v) is 23.5. The number of hydrogen-bond donors (Lipinski definition) is 0. The van der Waals surface area contributed by atoms with Gasteiger partial charge in [0, 0.05) is 19.3 Å². The first kappa shape index (κ1) is 72.4. The number of carbonyl (C=O) groups is 3. The van der Waals surface area contributed by atoms with Crippen molar-refractivity contribution in [1.82, 2.24) is 0 Å². The van der Waals surface area contributed by atoms with Crippen LogP contribution in [0.3, 0.4) is 0 Å². The van der Waals surface area contributed by atoms with Crippen molar-refractivity contribution in [2.45, 2.75) is 406 Å². The minimum Gasteiger partial charge on any atom is -0.462 e. The summed E-state index contributed by atoms with van der Waals surface area (Å²) in [6.07, 6.45) is 74.6. The number of esters is 3. The van der Waals surface area contributed by atoms with Crippen LogP contribution in [0, 0.1) is 0 Å². The van der Waals surface area contributed by atoms with Crippen LogP contribution >= 0.6 is 0 Å². The monoisotopic (exact) mass is 1050 g/mol. The van der Waals surface area contributed by atoms with Gasteiger partial charge in [-0.05, 0) is 19.3 Å². The van der Waals surface area contributed by atoms with E-state index < -0.39 is 6.10 Å². The summed E-state index contributed by atoms with van der Waals surface area (Å²) in [5, 5.41) is 0. The van der Waals surface area contributed by atoms with Crippen molar-refractivity contribution in [3.05, 3.63) is 0 Å². The van der Waals surface area contributed by atoms with Crippen molar-refractivity contribution in [2.24, 2.45) is 0 Å². The number of unbranched alkanes of at least 4 members (excludes halogenated alkanes) is 53. The third-order valence-electron chi connectivity index (χ3n) is 15.9. The lowest BCUT2D eigenvalue weighted by atomic mass is 10.0. The van der Waals surface area contributed by atoms with Gasteiger partial charge < -0.3 is 14.2 Å². The summed E-state index contributed by atoms with van der Waals surface area (Å²) < 4.78 is 16.9. The molecule has 1 atom stereocenters. The molecule has 0 amide bonds. The van der Waals surface area contributed by atoms with Gasteiger partial charge in [-0.3, -0.25) is 14.4 Å². The standard InChI is InChI=1S/C68H132O6/c1-4-7-10-13-16-18-20-22-24-26-28-30-32-33-34-35-37-38-40-42-44-46-48-50-52-55-58-61-67(70)73-64-65(63-72-66(69)60-57-54-15-12-9-6-3)74-68(71)62-59-56-53-51-49-47-45-43-41-39-36-31-29-27-25-23-21-19-17-14-11-8-5-2/h65H,4-64H2,1-3H3. The topological polar surface area (TPSA) is 78.9 Å². The van der Waals surface area contributed by atoms with Crippen LogP contribution in [-0.4, -0.2) is 37.2 Å². The molecule has 0 aromatic rings. The fraction of sp³-hybridized carbons (Fsp3) is 0.956. The number of ether oxygens (including phenoxy) is 3. The van der Waals surface area contributed by atoms with Gasteiger partial charge in [-0.15, -0.1) is 0 Å². The largest absolute Gasteiger partial charge is 0.462 e. The van der Waals surface area contributed by atoms with Crippen LogP contribution in [0.2, 0.25) is 0 Å². The highest BCUT2D eigenvalue weighted by molar-refractivity contribution is 5.71. The summed E-state index contributed by atoms with van der Waals surface area (Å²) in [6, 6.07) is 0. The van der Waals surface area contributed by atoms with Crippen LogP contribution < -0.4 is 0 Å². The molecule has 0 fully saturated rings. The summed E-state index contributed by atoms with van der Waals surface area (Å²) in [4.78, 5) is 38.0. The second-order valence-electron chi connectivity index (χ2n) is 23.5. The zero-order valence-corrected chi connectivity index (χ0v) is 50.7. The molecule has 0 aliphatic carbocycles. The van der Waals surface area contributed by atoms with E-state index in [2.05, 4.69) is 20.8 Å². The summed E-state index contributed by atoms with van der Waals surface area (Å²) in [7, 11) is 0. The van der Waals surface area contributed by atoms with Crippen molar-refractivity contribution >= 4 is 17.9 Å². The lowest BCUT2D eigenvalue weighted by Gasteiger charge is -2.18. The minimum absolute atomic E-state index is 0.0617. The van der Waals surface area contributed by atoms with E-state index in [9.17, 15) is 14.4 Å². The van der Waals surface area contributed by atoms with Gasteiger partial charge >= 0.3 is 17.9 Å². The summed E-state index contributed by atoms with van der Waals surface area (Å²) in [5.74, 6) is -0.839. The molecular formula is C68H132O6. The van der Waals surface area contributed by atoms with Crippen LogP contribution in [-0.2, 0) is 28.6 Å². The summed E-state index contributed by atoms with van der Waals surface area (Å²) in [5.41, 5.74) is 0. The molecule has 0 aromatic carbocycles. The normalized spacial score (nSPS) is 11.9. The Morgan fingerprint density at radius 1 is 0.216 bits per heavy atom. The third kappa shape index (κ3) is 61.3. The molecule has 6 heteroatoms. The van der Waals surface area contributed by atoms with Crippen LogP contribution in [0.1, 0.15) is 400 Å². The fourth-order valence-electron chi connectivity index (χ4n) is 10.7. The van der Waals surface area contributed by atoms with Gasteiger partial charge in [-0.25, -0.2) is 0 Å². The summed E-state index contributed by atoms with van der Waals surface area (Å²) in [6.45, 7) is 6.67. The first-order valence-corrected chi connectivity index (χ1v) is 34.0. The molecule has 6 nitrogen and oxygen atoms in total. The molecule has 1 unspecified atom stereocenters. The molecule has 74 heavy (non-hydrogen) atoms. The predicted octanol–water partition coefficient (Wildman–Crippen LogP) is 23.1. The maximum Gasteiger partial charge on any atom is 0.306 e. The van der Waals surface area contributed by atoms with E-state index in [0.29, 0.717) is 19.3 Å². The molecule has 0 rings (SSSR count). The minimum atomic E-state index is -0.761. The molecule has 0 spiro atoms. The van der Waals surface area contributed by atoms with E-state index in [1.54, 1.807) is 0 Å². The molecule has 0 heterocycles. The van der Waals surface area contributed by atoms with Gasteiger partial charge in [-0.1, -0.05) is 361 Å². The average Bonchev–Trinajstić information content (AvgIpc) is 3.40. The quantitative estimate of drug-likeness (QED) is 0.0343. The average molecular weight is 1050 g/mol. The Bertz CT molecular complexity index is 1110. The van der Waals surface area contributed by atoms with Gasteiger partial charge in [-0.2, -0.15) is 0 Å². The van der Waals surface area contributed by atoms with E-state index in [0.717, 1.165) is 57.8 Å². The molecule has 0 bridgehead atoms. The van der Waals surface area contributed by atoms with E-state index >= 15 is 0 Å². The highest BCUT2D eigenvalue weighted by Crippen LogP contribution is 2.19. The highest BCUT2D eigenvalue weighted by Gasteiger charge is 2.19. The molecule has 0 aromatic heterocycles. The van der Waals surface area contributed by atoms with Crippen LogP contribution in [0.25, 0.3) is 0 Å². The van der Waals surface area contributed by atoms with Gasteiger partial charge in [0.2, 0.25) is 0 Å². The van der Waals surface area contributed by atoms with Crippen molar-refractivity contribution in [3.63, 3.8) is 0 Å². The van der Waals surface area contributed by atoms with Gasteiger partial charge in [0.05, 0.1) is 0 Å². The van der Waals surface area contributed by atoms with Crippen molar-refractivity contribution in [3.8, 4) is 0 Å². The SMILES string of the molecule is CCCCCCCCCCCCCCCCCCCCCCCCCCCCCC(=O)OCC(COC(=O)CCCCCCCC)OC(=O)CCCCCCCCCCCCCCCCCCCCCCCCC. The van der Waals surface area contributed by atoms with E-state index in [1.165, 1.54) is 302 Å². The Morgan fingerprint density at radius 2 is 0.365 bits per heavy atom. The van der Waals surface area contributed by atoms with Gasteiger partial charge in [0.1, 0.15) is 13.2 Å². The Balaban J connectivity index is 3.96. The molecule has 0 aliphatic heterocycles. The van der Waals surface area contributed by atoms with Crippen LogP contribution in [0.5, 0.6) is 0 Å². The fourth-order valence-corrected chi connectivity index (χ4v) is 10.7. The molecule has 0 radical (unpaired) electrons. The Labute approximate surface area is 463 Å². The number of carbonyl (C=O) groups excluding carboxylic acids is 3. The maximum atomic E-state index is 12.9. The summed E-state index contributed by atoms with van der Waals surface area (Å²) >= 11 is 0. The zero-order chi connectivity index (χ0) is 53.6. The molecule has 0 saturated carbocycles. The van der Waals surface area contributed by atoms with E-state index in [4.69, 9.17) is 14.2 Å². The first-order valence-electron chi connectivity index (χ1n) is 34.0. The first-order chi connectivity index (χ1) is 36.5. The van der Waals surface area contributed by atoms with Crippen LogP contribution in [0.4, 0.5) is 0 Å². The van der Waals surface area contributed by atoms with E-state index in [-0.39, 0.29) is 31.1 Å². The molecule has 440 valence electrons. The number of rotatable bonds is 64. The molecule has 0 aliphatic rings. The van der Waals surface area contributed by atoms with E-state index in [1.807, 2.05) is 0 Å². The number of hydrogen-bond acceptors (Lipinski definition) is 6. The smallest absolute Gasteiger partial charge is 0.306 e. The molecular weight excluding hydrogens is 913 g/mol. The maximum absolute atomic E-state index is 12.9.